The maximum Gasteiger partial charge on any atom is 0.169 e. The van der Waals surface area contributed by atoms with E-state index < -0.39 is 11.4 Å². The second-order valence-corrected chi connectivity index (χ2v) is 4.94. The fraction of sp³-hybridized carbons (Fsp3) is 0.455. The number of aliphatic hydroxyl groups excluding tert-OH is 1. The lowest BCUT2D eigenvalue weighted by atomic mass is 10.0. The standard InChI is InChI=1S/C11H17ClFN3O/c1-11(2,5-17)16(3)10-7(15)4-6(14)8(12)9(10)13/h4,17H,5,14-15H2,1-3H3. The van der Waals surface area contributed by atoms with Crippen molar-refractivity contribution in [2.75, 3.05) is 30.0 Å². The third-order valence-corrected chi connectivity index (χ3v) is 3.25. The number of rotatable bonds is 3. The van der Waals surface area contributed by atoms with Crippen molar-refractivity contribution >= 4 is 28.7 Å². The summed E-state index contributed by atoms with van der Waals surface area (Å²) in [5.41, 5.74) is 11.0. The molecule has 6 heteroatoms. The van der Waals surface area contributed by atoms with Gasteiger partial charge in [-0.3, -0.25) is 0 Å². The van der Waals surface area contributed by atoms with Crippen molar-refractivity contribution in [2.45, 2.75) is 19.4 Å². The minimum atomic E-state index is -0.673. The molecule has 1 rings (SSSR count). The van der Waals surface area contributed by atoms with Crippen molar-refractivity contribution < 1.29 is 9.50 Å². The van der Waals surface area contributed by atoms with Crippen LogP contribution in [0.3, 0.4) is 0 Å². The summed E-state index contributed by atoms with van der Waals surface area (Å²) in [4.78, 5) is 1.54. The van der Waals surface area contributed by atoms with Crippen LogP contribution in [0.25, 0.3) is 0 Å². The number of aliphatic hydroxyl groups is 1. The zero-order valence-electron chi connectivity index (χ0n) is 10.1. The van der Waals surface area contributed by atoms with Gasteiger partial charge in [0, 0.05) is 7.05 Å². The molecular formula is C11H17ClFN3O. The summed E-state index contributed by atoms with van der Waals surface area (Å²) >= 11 is 5.75. The molecule has 0 aliphatic carbocycles. The minimum absolute atomic E-state index is 0.0978. The van der Waals surface area contributed by atoms with E-state index in [-0.39, 0.29) is 28.7 Å². The van der Waals surface area contributed by atoms with Gasteiger partial charge in [0.15, 0.2) is 5.82 Å². The lowest BCUT2D eigenvalue weighted by Gasteiger charge is -2.36. The van der Waals surface area contributed by atoms with Crippen LogP contribution in [0.2, 0.25) is 5.02 Å². The predicted molar refractivity (Wildman–Crippen MR) is 69.8 cm³/mol. The van der Waals surface area contributed by atoms with Crippen molar-refractivity contribution in [3.8, 4) is 0 Å². The Morgan fingerprint density at radius 2 is 1.94 bits per heavy atom. The molecule has 0 saturated carbocycles. The molecule has 96 valence electrons. The van der Waals surface area contributed by atoms with Gasteiger partial charge in [0.05, 0.1) is 29.2 Å². The smallest absolute Gasteiger partial charge is 0.169 e. The maximum absolute atomic E-state index is 14.0. The number of likely N-dealkylation sites (N-methyl/N-ethyl adjacent to an activating group) is 1. The number of hydrogen-bond acceptors (Lipinski definition) is 4. The first-order chi connectivity index (χ1) is 7.72. The van der Waals surface area contributed by atoms with E-state index in [4.69, 9.17) is 23.1 Å². The first-order valence-corrected chi connectivity index (χ1v) is 5.47. The number of benzene rings is 1. The number of nitrogens with two attached hydrogens (primary N) is 2. The van der Waals surface area contributed by atoms with Gasteiger partial charge in [-0.05, 0) is 19.9 Å². The zero-order chi connectivity index (χ0) is 13.4. The summed E-state index contributed by atoms with van der Waals surface area (Å²) in [7, 11) is 1.64. The number of nitrogen functional groups attached to an aromatic ring is 2. The number of halogens is 2. The Bertz CT molecular complexity index is 437. The second-order valence-electron chi connectivity index (χ2n) is 4.56. The Hall–Kier alpha value is -1.20. The van der Waals surface area contributed by atoms with E-state index in [0.29, 0.717) is 0 Å². The Labute approximate surface area is 105 Å². The van der Waals surface area contributed by atoms with E-state index >= 15 is 0 Å². The molecule has 0 aliphatic heterocycles. The fourth-order valence-corrected chi connectivity index (χ4v) is 1.55. The van der Waals surface area contributed by atoms with Crippen molar-refractivity contribution in [1.29, 1.82) is 0 Å². The largest absolute Gasteiger partial charge is 0.397 e. The SMILES string of the molecule is CN(c1c(N)cc(N)c(Cl)c1F)C(C)(C)CO. The van der Waals surface area contributed by atoms with E-state index in [1.807, 2.05) is 0 Å². The second kappa shape index (κ2) is 4.58. The summed E-state index contributed by atoms with van der Waals surface area (Å²) < 4.78 is 14.0. The van der Waals surface area contributed by atoms with Gasteiger partial charge >= 0.3 is 0 Å². The van der Waals surface area contributed by atoms with Crippen LogP contribution < -0.4 is 16.4 Å². The molecule has 0 spiro atoms. The molecule has 0 aromatic heterocycles. The molecule has 0 amide bonds. The summed E-state index contributed by atoms with van der Waals surface area (Å²) in [6, 6.07) is 1.41. The van der Waals surface area contributed by atoms with Gasteiger partial charge in [0.2, 0.25) is 0 Å². The van der Waals surface area contributed by atoms with E-state index in [0.717, 1.165) is 0 Å². The zero-order valence-corrected chi connectivity index (χ0v) is 10.8. The van der Waals surface area contributed by atoms with Gasteiger partial charge < -0.3 is 21.5 Å². The normalized spacial score (nSPS) is 11.6. The van der Waals surface area contributed by atoms with Crippen LogP contribution in [-0.4, -0.2) is 24.3 Å². The van der Waals surface area contributed by atoms with E-state index in [1.54, 1.807) is 25.8 Å². The van der Waals surface area contributed by atoms with E-state index in [1.165, 1.54) is 6.07 Å². The number of anilines is 3. The monoisotopic (exact) mass is 261 g/mol. The Kier molecular flexibility index (Phi) is 3.74. The van der Waals surface area contributed by atoms with Gasteiger partial charge in [-0.15, -0.1) is 0 Å². The molecule has 0 fully saturated rings. The van der Waals surface area contributed by atoms with E-state index in [9.17, 15) is 9.50 Å². The van der Waals surface area contributed by atoms with Crippen LogP contribution in [0.15, 0.2) is 6.07 Å². The number of nitrogens with zero attached hydrogens (tertiary/aromatic N) is 1. The average Bonchev–Trinajstić information content (AvgIpc) is 2.26. The molecule has 0 saturated heterocycles. The van der Waals surface area contributed by atoms with Gasteiger partial charge in [-0.25, -0.2) is 4.39 Å². The maximum atomic E-state index is 14.0. The fourth-order valence-electron chi connectivity index (χ4n) is 1.41. The highest BCUT2D eigenvalue weighted by molar-refractivity contribution is 6.33. The first kappa shape index (κ1) is 13.9. The molecule has 0 radical (unpaired) electrons. The molecule has 1 aromatic rings. The van der Waals surface area contributed by atoms with Crippen molar-refractivity contribution in [1.82, 2.24) is 0 Å². The van der Waals surface area contributed by atoms with E-state index in [2.05, 4.69) is 0 Å². The highest BCUT2D eigenvalue weighted by atomic mass is 35.5. The summed E-state index contributed by atoms with van der Waals surface area (Å²) in [5, 5.41) is 9.11. The van der Waals surface area contributed by atoms with Crippen LogP contribution in [0.1, 0.15) is 13.8 Å². The Morgan fingerprint density at radius 3 is 2.41 bits per heavy atom. The molecule has 0 aliphatic rings. The highest BCUT2D eigenvalue weighted by Gasteiger charge is 2.28. The first-order valence-electron chi connectivity index (χ1n) is 5.10. The Balaban J connectivity index is 3.37. The molecule has 4 nitrogen and oxygen atoms in total. The summed E-state index contributed by atoms with van der Waals surface area (Å²) in [6.07, 6.45) is 0. The quantitative estimate of drug-likeness (QED) is 0.726. The molecular weight excluding hydrogens is 245 g/mol. The molecule has 0 unspecified atom stereocenters. The molecule has 0 bridgehead atoms. The van der Waals surface area contributed by atoms with Crippen LogP contribution in [0, 0.1) is 5.82 Å². The number of hydrogen-bond donors (Lipinski definition) is 3. The predicted octanol–water partition coefficient (Wildman–Crippen LogP) is 1.85. The Morgan fingerprint density at radius 1 is 1.41 bits per heavy atom. The van der Waals surface area contributed by atoms with Crippen molar-refractivity contribution in [2.24, 2.45) is 0 Å². The van der Waals surface area contributed by atoms with Gasteiger partial charge in [0.25, 0.3) is 0 Å². The van der Waals surface area contributed by atoms with Crippen molar-refractivity contribution in [3.05, 3.63) is 16.9 Å². The topological polar surface area (TPSA) is 75.5 Å². The van der Waals surface area contributed by atoms with Crippen LogP contribution in [-0.2, 0) is 0 Å². The van der Waals surface area contributed by atoms with Crippen LogP contribution in [0.5, 0.6) is 0 Å². The molecule has 5 N–H and O–H groups in total. The van der Waals surface area contributed by atoms with Gasteiger partial charge in [-0.2, -0.15) is 0 Å². The molecule has 0 heterocycles. The molecule has 0 atom stereocenters. The minimum Gasteiger partial charge on any atom is -0.397 e. The third-order valence-electron chi connectivity index (χ3n) is 2.87. The summed E-state index contributed by atoms with van der Waals surface area (Å²) in [6.45, 7) is 3.37. The molecule has 1 aromatic carbocycles. The van der Waals surface area contributed by atoms with Crippen molar-refractivity contribution in [3.63, 3.8) is 0 Å². The van der Waals surface area contributed by atoms with Gasteiger partial charge in [-0.1, -0.05) is 11.6 Å². The summed E-state index contributed by atoms with van der Waals surface area (Å²) in [5.74, 6) is -0.673. The lowest BCUT2D eigenvalue weighted by Crippen LogP contribution is -2.45. The third kappa shape index (κ3) is 2.40. The molecule has 17 heavy (non-hydrogen) atoms. The van der Waals surface area contributed by atoms with Crippen LogP contribution in [0.4, 0.5) is 21.5 Å². The lowest BCUT2D eigenvalue weighted by molar-refractivity contribution is 0.215. The highest BCUT2D eigenvalue weighted by Crippen LogP contribution is 2.37. The van der Waals surface area contributed by atoms with Gasteiger partial charge in [0.1, 0.15) is 5.02 Å². The van der Waals surface area contributed by atoms with Crippen LogP contribution >= 0.6 is 11.6 Å². The average molecular weight is 262 g/mol.